The average molecular weight is 515 g/mol. The summed E-state index contributed by atoms with van der Waals surface area (Å²) in [6.07, 6.45) is 0.315. The molecule has 5 nitrogen and oxygen atoms in total. The van der Waals surface area contributed by atoms with Crippen LogP contribution in [0.5, 0.6) is 0 Å². The van der Waals surface area contributed by atoms with Crippen LogP contribution >= 0.6 is 34.8 Å². The molecule has 3 rings (SSSR count). The Balaban J connectivity index is 1.52. The molecule has 0 unspecified atom stereocenters. The van der Waals surface area contributed by atoms with Gasteiger partial charge in [0.15, 0.2) is 5.11 Å². The first-order valence-electron chi connectivity index (χ1n) is 8.82. The maximum absolute atomic E-state index is 12.3. The lowest BCUT2D eigenvalue weighted by Gasteiger charge is -2.11. The Morgan fingerprint density at radius 3 is 2.03 bits per heavy atom. The highest BCUT2D eigenvalue weighted by Crippen LogP contribution is 2.15. The molecule has 146 valence electrons. The van der Waals surface area contributed by atoms with Crippen molar-refractivity contribution in [3.8, 4) is 0 Å². The van der Waals surface area contributed by atoms with Gasteiger partial charge in [-0.05, 0) is 76.8 Å². The molecular formula is C22H18IN3O2S. The number of carbonyl (C=O) groups excluding carboxylic acids is 2. The number of halogens is 1. The summed E-state index contributed by atoms with van der Waals surface area (Å²) in [5.41, 5.74) is 2.91. The lowest BCUT2D eigenvalue weighted by Crippen LogP contribution is -2.34. The van der Waals surface area contributed by atoms with Gasteiger partial charge in [-0.2, -0.15) is 0 Å². The molecule has 29 heavy (non-hydrogen) atoms. The van der Waals surface area contributed by atoms with E-state index in [1.807, 2.05) is 42.5 Å². The van der Waals surface area contributed by atoms with Gasteiger partial charge in [0.1, 0.15) is 0 Å². The van der Waals surface area contributed by atoms with Gasteiger partial charge in [-0.3, -0.25) is 14.9 Å². The molecule has 2 amide bonds. The number of nitrogens with one attached hydrogen (secondary N) is 3. The van der Waals surface area contributed by atoms with Crippen LogP contribution in [0.1, 0.15) is 15.9 Å². The van der Waals surface area contributed by atoms with Gasteiger partial charge in [0.05, 0.1) is 12.0 Å². The summed E-state index contributed by atoms with van der Waals surface area (Å²) in [5, 5.41) is 8.70. The lowest BCUT2D eigenvalue weighted by molar-refractivity contribution is -0.115. The quantitative estimate of drug-likeness (QED) is 0.343. The molecule has 0 bridgehead atoms. The van der Waals surface area contributed by atoms with Gasteiger partial charge in [0.25, 0.3) is 5.91 Å². The van der Waals surface area contributed by atoms with E-state index in [0.29, 0.717) is 23.4 Å². The van der Waals surface area contributed by atoms with Gasteiger partial charge < -0.3 is 10.6 Å². The Bertz CT molecular complexity index is 1020. The van der Waals surface area contributed by atoms with Gasteiger partial charge >= 0.3 is 0 Å². The van der Waals surface area contributed by atoms with Crippen LogP contribution in [0.25, 0.3) is 0 Å². The van der Waals surface area contributed by atoms with Gasteiger partial charge in [0.2, 0.25) is 5.91 Å². The first kappa shape index (κ1) is 20.9. The Labute approximate surface area is 188 Å². The lowest BCUT2D eigenvalue weighted by atomic mass is 10.1. The van der Waals surface area contributed by atoms with Crippen molar-refractivity contribution in [3.63, 3.8) is 0 Å². The second-order valence-electron chi connectivity index (χ2n) is 6.18. The van der Waals surface area contributed by atoms with Crippen molar-refractivity contribution in [1.29, 1.82) is 0 Å². The molecule has 0 aliphatic rings. The number of thiocarbonyl (C=S) groups is 1. The fourth-order valence-corrected chi connectivity index (χ4v) is 3.44. The first-order valence-corrected chi connectivity index (χ1v) is 10.3. The number of hydrogen-bond acceptors (Lipinski definition) is 3. The fourth-order valence-electron chi connectivity index (χ4n) is 2.60. The molecule has 3 aromatic rings. The summed E-state index contributed by atoms with van der Waals surface area (Å²) < 4.78 is 0.848. The SMILES string of the molecule is O=C(Cc1ccccc1)Nc1ccc(NC(=S)NC(=O)c2ccccc2I)cc1. The third kappa shape index (κ3) is 6.37. The summed E-state index contributed by atoms with van der Waals surface area (Å²) in [4.78, 5) is 24.4. The molecule has 0 atom stereocenters. The zero-order chi connectivity index (χ0) is 20.6. The Kier molecular flexibility index (Phi) is 7.31. The molecule has 3 aromatic carbocycles. The van der Waals surface area contributed by atoms with Crippen LogP contribution in [0.4, 0.5) is 11.4 Å². The van der Waals surface area contributed by atoms with E-state index < -0.39 is 0 Å². The smallest absolute Gasteiger partial charge is 0.258 e. The highest BCUT2D eigenvalue weighted by atomic mass is 127. The predicted molar refractivity (Wildman–Crippen MR) is 128 cm³/mol. The molecular weight excluding hydrogens is 497 g/mol. The van der Waals surface area contributed by atoms with Gasteiger partial charge in [-0.1, -0.05) is 42.5 Å². The number of anilines is 2. The molecule has 0 heterocycles. The van der Waals surface area contributed by atoms with E-state index in [1.54, 1.807) is 36.4 Å². The predicted octanol–water partition coefficient (Wildman–Crippen LogP) is 4.60. The van der Waals surface area contributed by atoms with E-state index in [4.69, 9.17) is 12.2 Å². The molecule has 0 radical (unpaired) electrons. The molecule has 0 spiro atoms. The maximum atomic E-state index is 12.3. The van der Waals surface area contributed by atoms with Gasteiger partial charge in [-0.15, -0.1) is 0 Å². The number of hydrogen-bond donors (Lipinski definition) is 3. The number of rotatable bonds is 5. The van der Waals surface area contributed by atoms with E-state index in [2.05, 4.69) is 38.5 Å². The molecule has 0 aliphatic carbocycles. The normalized spacial score (nSPS) is 10.1. The number of carbonyl (C=O) groups is 2. The molecule has 3 N–H and O–H groups in total. The molecule has 7 heteroatoms. The Morgan fingerprint density at radius 2 is 1.38 bits per heavy atom. The minimum Gasteiger partial charge on any atom is -0.332 e. The van der Waals surface area contributed by atoms with Crippen LogP contribution in [-0.4, -0.2) is 16.9 Å². The van der Waals surface area contributed by atoms with E-state index in [-0.39, 0.29) is 16.9 Å². The summed E-state index contributed by atoms with van der Waals surface area (Å²) in [6.45, 7) is 0. The topological polar surface area (TPSA) is 70.2 Å². The van der Waals surface area contributed by atoms with Crippen molar-refractivity contribution < 1.29 is 9.59 Å². The van der Waals surface area contributed by atoms with Gasteiger partial charge in [0, 0.05) is 14.9 Å². The number of amides is 2. The van der Waals surface area contributed by atoms with Crippen LogP contribution in [0, 0.1) is 3.57 Å². The largest absolute Gasteiger partial charge is 0.332 e. The van der Waals surface area contributed by atoms with Crippen molar-refractivity contribution in [2.24, 2.45) is 0 Å². The van der Waals surface area contributed by atoms with Crippen LogP contribution in [-0.2, 0) is 11.2 Å². The minimum atomic E-state index is -0.266. The zero-order valence-electron chi connectivity index (χ0n) is 15.3. The molecule has 0 saturated heterocycles. The molecule has 0 fully saturated rings. The zero-order valence-corrected chi connectivity index (χ0v) is 18.3. The second-order valence-corrected chi connectivity index (χ2v) is 7.75. The molecule has 0 saturated carbocycles. The standard InChI is InChI=1S/C22H18IN3O2S/c23-19-9-5-4-8-18(19)21(28)26-22(29)25-17-12-10-16(11-13-17)24-20(27)14-15-6-2-1-3-7-15/h1-13H,14H2,(H,24,27)(H2,25,26,28,29). The van der Waals surface area contributed by atoms with Crippen LogP contribution in [0.3, 0.4) is 0 Å². The highest BCUT2D eigenvalue weighted by molar-refractivity contribution is 14.1. The van der Waals surface area contributed by atoms with E-state index in [9.17, 15) is 9.59 Å². The highest BCUT2D eigenvalue weighted by Gasteiger charge is 2.11. The number of benzene rings is 3. The Morgan fingerprint density at radius 1 is 0.793 bits per heavy atom. The van der Waals surface area contributed by atoms with Crippen molar-refractivity contribution >= 4 is 63.1 Å². The minimum absolute atomic E-state index is 0.0860. The van der Waals surface area contributed by atoms with Crippen molar-refractivity contribution in [1.82, 2.24) is 5.32 Å². The summed E-state index contributed by atoms with van der Waals surface area (Å²) in [5.74, 6) is -0.352. The van der Waals surface area contributed by atoms with E-state index >= 15 is 0 Å². The van der Waals surface area contributed by atoms with Crippen molar-refractivity contribution in [2.45, 2.75) is 6.42 Å². The average Bonchev–Trinajstić information content (AvgIpc) is 2.70. The van der Waals surface area contributed by atoms with Crippen LogP contribution < -0.4 is 16.0 Å². The second kappa shape index (κ2) is 10.1. The van der Waals surface area contributed by atoms with E-state index in [0.717, 1.165) is 9.13 Å². The van der Waals surface area contributed by atoms with E-state index in [1.165, 1.54) is 0 Å². The third-order valence-electron chi connectivity index (χ3n) is 3.98. The first-order chi connectivity index (χ1) is 14.0. The summed E-state index contributed by atoms with van der Waals surface area (Å²) >= 11 is 7.32. The van der Waals surface area contributed by atoms with Crippen molar-refractivity contribution in [3.05, 3.63) is 93.6 Å². The van der Waals surface area contributed by atoms with Gasteiger partial charge in [-0.25, -0.2) is 0 Å². The molecule has 0 aromatic heterocycles. The third-order valence-corrected chi connectivity index (χ3v) is 5.12. The van der Waals surface area contributed by atoms with Crippen LogP contribution in [0.2, 0.25) is 0 Å². The summed E-state index contributed by atoms with van der Waals surface area (Å²) in [7, 11) is 0. The van der Waals surface area contributed by atoms with Crippen molar-refractivity contribution in [2.75, 3.05) is 10.6 Å². The fraction of sp³-hybridized carbons (Fsp3) is 0.0455. The maximum Gasteiger partial charge on any atom is 0.258 e. The Hall–Kier alpha value is -2.78. The summed E-state index contributed by atoms with van der Waals surface area (Å²) in [6, 6.07) is 23.9. The van der Waals surface area contributed by atoms with Crippen LogP contribution in [0.15, 0.2) is 78.9 Å². The monoisotopic (exact) mass is 515 g/mol. The molecule has 0 aliphatic heterocycles.